The van der Waals surface area contributed by atoms with Gasteiger partial charge in [-0.3, -0.25) is 0 Å². The maximum atomic E-state index is 6.12. The molecule has 0 aliphatic rings. The first-order valence-electron chi connectivity index (χ1n) is 6.39. The van der Waals surface area contributed by atoms with Gasteiger partial charge in [-0.1, -0.05) is 39.6 Å². The fourth-order valence-electron chi connectivity index (χ4n) is 1.61. The average molecular weight is 360 g/mol. The van der Waals surface area contributed by atoms with E-state index in [-0.39, 0.29) is 6.04 Å². The third kappa shape index (κ3) is 3.94. The van der Waals surface area contributed by atoms with Crippen molar-refractivity contribution in [1.82, 2.24) is 15.5 Å². The number of nitrogens with one attached hydrogen (secondary N) is 2. The second-order valence-electron chi connectivity index (χ2n) is 4.37. The third-order valence-electron chi connectivity index (χ3n) is 2.68. The first-order valence-corrected chi connectivity index (χ1v) is 7.56. The van der Waals surface area contributed by atoms with E-state index >= 15 is 0 Å². The maximum Gasteiger partial charge on any atom is 0.320 e. The molecule has 0 radical (unpaired) electrons. The number of benzene rings is 1. The van der Waals surface area contributed by atoms with Crippen LogP contribution in [0.15, 0.2) is 27.1 Å². The number of rotatable bonds is 6. The molecule has 0 bridgehead atoms. The molecular formula is C13H16BrClN4O. The molecule has 2 aromatic rings. The van der Waals surface area contributed by atoms with Crippen LogP contribution in [0.25, 0.3) is 0 Å². The van der Waals surface area contributed by atoms with Crippen LogP contribution in [-0.4, -0.2) is 16.7 Å². The van der Waals surface area contributed by atoms with Gasteiger partial charge in [0.1, 0.15) is 0 Å². The first kappa shape index (κ1) is 15.3. The van der Waals surface area contributed by atoms with E-state index in [1.165, 1.54) is 0 Å². The van der Waals surface area contributed by atoms with Crippen LogP contribution in [0.4, 0.5) is 11.7 Å². The van der Waals surface area contributed by atoms with Crippen molar-refractivity contribution in [1.29, 1.82) is 0 Å². The van der Waals surface area contributed by atoms with Crippen molar-refractivity contribution < 1.29 is 4.42 Å². The second kappa shape index (κ2) is 7.06. The standard InChI is InChI=1S/C13H16BrClN4O/c1-3-6-16-8(2)12-18-19-13(20-12)17-11-5-4-9(14)7-10(11)15/h4-5,7-8,16H,3,6H2,1-2H3,(H,17,19). The monoisotopic (exact) mass is 358 g/mol. The summed E-state index contributed by atoms with van der Waals surface area (Å²) in [5.74, 6) is 0.550. The zero-order valence-corrected chi connectivity index (χ0v) is 13.6. The van der Waals surface area contributed by atoms with Crippen molar-refractivity contribution in [2.75, 3.05) is 11.9 Å². The molecule has 2 N–H and O–H groups in total. The number of halogens is 2. The molecule has 1 atom stereocenters. The van der Waals surface area contributed by atoms with Crippen LogP contribution < -0.4 is 10.6 Å². The zero-order chi connectivity index (χ0) is 14.5. The smallest absolute Gasteiger partial charge is 0.320 e. The quantitative estimate of drug-likeness (QED) is 0.805. The van der Waals surface area contributed by atoms with Gasteiger partial charge in [0.15, 0.2) is 0 Å². The molecule has 5 nitrogen and oxygen atoms in total. The zero-order valence-electron chi connectivity index (χ0n) is 11.3. The predicted molar refractivity (Wildman–Crippen MR) is 83.4 cm³/mol. The van der Waals surface area contributed by atoms with Crippen molar-refractivity contribution in [3.63, 3.8) is 0 Å². The van der Waals surface area contributed by atoms with E-state index in [0.717, 1.165) is 23.1 Å². The largest absolute Gasteiger partial charge is 0.406 e. The molecule has 1 unspecified atom stereocenters. The van der Waals surface area contributed by atoms with Gasteiger partial charge in [-0.2, -0.15) is 0 Å². The van der Waals surface area contributed by atoms with E-state index < -0.39 is 0 Å². The minimum absolute atomic E-state index is 0.0263. The Morgan fingerprint density at radius 1 is 1.40 bits per heavy atom. The second-order valence-corrected chi connectivity index (χ2v) is 5.69. The summed E-state index contributed by atoms with van der Waals surface area (Å²) in [6, 6.07) is 5.88. The van der Waals surface area contributed by atoms with Crippen molar-refractivity contribution in [2.45, 2.75) is 26.3 Å². The molecule has 0 aliphatic heterocycles. The van der Waals surface area contributed by atoms with Gasteiger partial charge in [0, 0.05) is 4.47 Å². The summed E-state index contributed by atoms with van der Waals surface area (Å²) < 4.78 is 6.48. The first-order chi connectivity index (χ1) is 9.60. The summed E-state index contributed by atoms with van der Waals surface area (Å²) in [7, 11) is 0. The molecule has 7 heteroatoms. The molecule has 0 fully saturated rings. The van der Waals surface area contributed by atoms with Gasteiger partial charge >= 0.3 is 6.01 Å². The average Bonchev–Trinajstić information content (AvgIpc) is 2.88. The highest BCUT2D eigenvalue weighted by Crippen LogP contribution is 2.28. The van der Waals surface area contributed by atoms with Crippen LogP contribution in [-0.2, 0) is 0 Å². The molecule has 0 saturated carbocycles. The van der Waals surface area contributed by atoms with Gasteiger partial charge < -0.3 is 15.1 Å². The summed E-state index contributed by atoms with van der Waals surface area (Å²) >= 11 is 9.48. The summed E-state index contributed by atoms with van der Waals surface area (Å²) in [4.78, 5) is 0. The lowest BCUT2D eigenvalue weighted by atomic mass is 10.3. The predicted octanol–water partition coefficient (Wildman–Crippen LogP) is 4.29. The third-order valence-corrected chi connectivity index (χ3v) is 3.49. The van der Waals surface area contributed by atoms with E-state index in [4.69, 9.17) is 16.0 Å². The van der Waals surface area contributed by atoms with Gasteiger partial charge in [-0.25, -0.2) is 0 Å². The summed E-state index contributed by atoms with van der Waals surface area (Å²) in [5.41, 5.74) is 0.722. The molecule has 2 rings (SSSR count). The minimum atomic E-state index is 0.0263. The Balaban J connectivity index is 2.05. The number of hydrogen-bond donors (Lipinski definition) is 2. The van der Waals surface area contributed by atoms with E-state index in [0.29, 0.717) is 16.9 Å². The van der Waals surface area contributed by atoms with E-state index in [2.05, 4.69) is 43.7 Å². The van der Waals surface area contributed by atoms with E-state index in [1.807, 2.05) is 19.1 Å². The summed E-state index contributed by atoms with van der Waals surface area (Å²) in [5, 5.41) is 14.9. The number of nitrogens with zero attached hydrogens (tertiary/aromatic N) is 2. The van der Waals surface area contributed by atoms with Gasteiger partial charge in [0.05, 0.1) is 16.8 Å². The Kier molecular flexibility index (Phi) is 5.39. The van der Waals surface area contributed by atoms with Gasteiger partial charge in [0.25, 0.3) is 0 Å². The Labute approximate surface area is 131 Å². The Hall–Kier alpha value is -1.11. The fraction of sp³-hybridized carbons (Fsp3) is 0.385. The van der Waals surface area contributed by atoms with Gasteiger partial charge in [-0.05, 0) is 38.1 Å². The molecule has 0 spiro atoms. The van der Waals surface area contributed by atoms with Crippen molar-refractivity contribution in [3.8, 4) is 0 Å². The molecule has 0 saturated heterocycles. The molecule has 1 aromatic heterocycles. The van der Waals surface area contributed by atoms with E-state index in [9.17, 15) is 0 Å². The lowest BCUT2D eigenvalue weighted by molar-refractivity contribution is 0.424. The highest BCUT2D eigenvalue weighted by molar-refractivity contribution is 9.10. The SMILES string of the molecule is CCCNC(C)c1nnc(Nc2ccc(Br)cc2Cl)o1. The van der Waals surface area contributed by atoms with Crippen molar-refractivity contribution >= 4 is 39.2 Å². The van der Waals surface area contributed by atoms with E-state index in [1.54, 1.807) is 6.07 Å². The topological polar surface area (TPSA) is 63.0 Å². The molecule has 108 valence electrons. The Morgan fingerprint density at radius 2 is 2.20 bits per heavy atom. The van der Waals surface area contributed by atoms with Crippen LogP contribution in [0, 0.1) is 0 Å². The lowest BCUT2D eigenvalue weighted by Crippen LogP contribution is -2.19. The van der Waals surface area contributed by atoms with Gasteiger partial charge in [0.2, 0.25) is 5.89 Å². The number of anilines is 2. The molecular weight excluding hydrogens is 344 g/mol. The van der Waals surface area contributed by atoms with Crippen LogP contribution >= 0.6 is 27.5 Å². The highest BCUT2D eigenvalue weighted by Gasteiger charge is 2.13. The minimum Gasteiger partial charge on any atom is -0.406 e. The number of aromatic nitrogens is 2. The Bertz CT molecular complexity index is 575. The molecule has 1 aromatic carbocycles. The molecule has 1 heterocycles. The van der Waals surface area contributed by atoms with Crippen molar-refractivity contribution in [2.24, 2.45) is 0 Å². The normalized spacial score (nSPS) is 12.4. The van der Waals surface area contributed by atoms with Crippen LogP contribution in [0.5, 0.6) is 0 Å². The van der Waals surface area contributed by atoms with Crippen LogP contribution in [0.2, 0.25) is 5.02 Å². The maximum absolute atomic E-state index is 6.12. The highest BCUT2D eigenvalue weighted by atomic mass is 79.9. The van der Waals surface area contributed by atoms with Crippen molar-refractivity contribution in [3.05, 3.63) is 33.6 Å². The molecule has 0 aliphatic carbocycles. The summed E-state index contributed by atoms with van der Waals surface area (Å²) in [6.45, 7) is 5.00. The van der Waals surface area contributed by atoms with Crippen LogP contribution in [0.1, 0.15) is 32.2 Å². The summed E-state index contributed by atoms with van der Waals surface area (Å²) in [6.07, 6.45) is 1.05. The van der Waals surface area contributed by atoms with Crippen LogP contribution in [0.3, 0.4) is 0 Å². The Morgan fingerprint density at radius 3 is 2.90 bits per heavy atom. The molecule has 20 heavy (non-hydrogen) atoms. The fourth-order valence-corrected chi connectivity index (χ4v) is 2.33. The van der Waals surface area contributed by atoms with Gasteiger partial charge in [-0.15, -0.1) is 5.10 Å². The molecule has 0 amide bonds. The lowest BCUT2D eigenvalue weighted by Gasteiger charge is -2.07. The number of hydrogen-bond acceptors (Lipinski definition) is 5.